The summed E-state index contributed by atoms with van der Waals surface area (Å²) >= 11 is 0. The monoisotopic (exact) mass is 698 g/mol. The Kier molecular flexibility index (Phi) is 6.89. The van der Waals surface area contributed by atoms with Gasteiger partial charge >= 0.3 is 0 Å². The largest absolute Gasteiger partial charge is 0.294 e. The summed E-state index contributed by atoms with van der Waals surface area (Å²) < 4.78 is 2.23. The molecule has 0 saturated carbocycles. The lowest BCUT2D eigenvalue weighted by atomic mass is 9.83. The first-order valence-corrected chi connectivity index (χ1v) is 18.4. The predicted octanol–water partition coefficient (Wildman–Crippen LogP) is 13.7. The fraction of sp³-hybridized carbons (Fsp3) is 0. The van der Waals surface area contributed by atoms with Crippen LogP contribution in [0.5, 0.6) is 0 Å². The minimum Gasteiger partial charge on any atom is -0.294 e. The van der Waals surface area contributed by atoms with Crippen LogP contribution in [0.4, 0.5) is 5.69 Å². The molecule has 4 nitrogen and oxygen atoms in total. The molecule has 0 unspecified atom stereocenters. The molecule has 0 N–H and O–H groups in total. The molecule has 11 aromatic rings. The third-order valence-electron chi connectivity index (χ3n) is 11.1. The SMILES string of the molecule is [C-]#[N+]c1ccc2c(c1)c1cc(-c3c4ccccc4c(-c4ccc(-c5cccnc5)c5ccccc45)c4ccccc34)ccc1n2-c1ccc2ccccc2n1. The third-order valence-corrected chi connectivity index (χ3v) is 11.1. The number of hydrogen-bond donors (Lipinski definition) is 0. The molecule has 55 heavy (non-hydrogen) atoms. The molecule has 0 amide bonds. The van der Waals surface area contributed by atoms with Gasteiger partial charge in [0.05, 0.1) is 23.1 Å². The van der Waals surface area contributed by atoms with E-state index in [-0.39, 0.29) is 0 Å². The number of rotatable bonds is 4. The zero-order chi connectivity index (χ0) is 36.5. The van der Waals surface area contributed by atoms with Crippen LogP contribution in [-0.4, -0.2) is 14.5 Å². The normalized spacial score (nSPS) is 11.6. The van der Waals surface area contributed by atoms with E-state index in [4.69, 9.17) is 11.6 Å². The zero-order valence-electron chi connectivity index (χ0n) is 29.6. The van der Waals surface area contributed by atoms with Crippen LogP contribution in [0.2, 0.25) is 0 Å². The second-order valence-electron chi connectivity index (χ2n) is 14.0. The van der Waals surface area contributed by atoms with E-state index in [1.165, 1.54) is 54.6 Å². The average Bonchev–Trinajstić information content (AvgIpc) is 3.58. The molecular weight excluding hydrogens is 669 g/mol. The number of aromatic nitrogens is 3. The van der Waals surface area contributed by atoms with Gasteiger partial charge in [0.15, 0.2) is 5.69 Å². The molecule has 254 valence electrons. The van der Waals surface area contributed by atoms with Crippen LogP contribution in [0.25, 0.3) is 109 Å². The average molecular weight is 699 g/mol. The van der Waals surface area contributed by atoms with Crippen molar-refractivity contribution in [2.45, 2.75) is 0 Å². The van der Waals surface area contributed by atoms with Crippen molar-refractivity contribution in [3.05, 3.63) is 194 Å². The van der Waals surface area contributed by atoms with Crippen molar-refractivity contribution in [1.29, 1.82) is 0 Å². The van der Waals surface area contributed by atoms with E-state index in [9.17, 15) is 0 Å². The van der Waals surface area contributed by atoms with Crippen LogP contribution in [-0.2, 0) is 0 Å². The van der Waals surface area contributed by atoms with Gasteiger partial charge in [-0.1, -0.05) is 121 Å². The molecule has 0 aliphatic carbocycles. The lowest BCUT2D eigenvalue weighted by molar-refractivity contribution is 1.10. The fourth-order valence-corrected chi connectivity index (χ4v) is 8.68. The van der Waals surface area contributed by atoms with Crippen LogP contribution in [0.15, 0.2) is 182 Å². The molecule has 0 bridgehead atoms. The maximum atomic E-state index is 7.85. The molecular formula is C51H30N4. The van der Waals surface area contributed by atoms with Crippen LogP contribution in [0.1, 0.15) is 0 Å². The van der Waals surface area contributed by atoms with E-state index in [0.717, 1.165) is 49.7 Å². The van der Waals surface area contributed by atoms with Gasteiger partial charge < -0.3 is 0 Å². The van der Waals surface area contributed by atoms with Gasteiger partial charge in [0, 0.05) is 28.7 Å². The molecule has 0 fully saturated rings. The second kappa shape index (κ2) is 12.2. The fourth-order valence-electron chi connectivity index (χ4n) is 8.68. The number of fused-ring (bicyclic) bond motifs is 7. The summed E-state index contributed by atoms with van der Waals surface area (Å²) in [5, 5.41) is 10.4. The molecule has 3 heterocycles. The van der Waals surface area contributed by atoms with Gasteiger partial charge in [0.1, 0.15) is 5.82 Å². The van der Waals surface area contributed by atoms with Crippen LogP contribution in [0.3, 0.4) is 0 Å². The van der Waals surface area contributed by atoms with Crippen molar-refractivity contribution in [2.75, 3.05) is 0 Å². The molecule has 8 aromatic carbocycles. The number of para-hydroxylation sites is 1. The molecule has 0 atom stereocenters. The summed E-state index contributed by atoms with van der Waals surface area (Å²) in [5.74, 6) is 0.851. The van der Waals surface area contributed by atoms with Crippen LogP contribution < -0.4 is 0 Å². The van der Waals surface area contributed by atoms with Crippen molar-refractivity contribution in [2.24, 2.45) is 0 Å². The standard InChI is InChI=1S/C51H30N4/c1-52-35-22-26-48-45(30-35)44-29-33(20-25-47(44)55(48)49-27-21-32-11-2-9-19-46(32)54-49)50-39-15-5-7-17-41(39)51(42-18-8-6-16-40(42)50)43-24-23-36(34-12-10-28-53-31-34)37-13-3-4-14-38(37)43/h2-31H. The Balaban J connectivity index is 1.19. The Morgan fingerprint density at radius 1 is 0.455 bits per heavy atom. The van der Waals surface area contributed by atoms with Gasteiger partial charge in [-0.25, -0.2) is 9.83 Å². The molecule has 11 rings (SSSR count). The quantitative estimate of drug-likeness (QED) is 0.135. The molecule has 4 heteroatoms. The number of hydrogen-bond acceptors (Lipinski definition) is 2. The summed E-state index contributed by atoms with van der Waals surface area (Å²) in [6.45, 7) is 7.85. The van der Waals surface area contributed by atoms with Gasteiger partial charge in [0.2, 0.25) is 0 Å². The highest BCUT2D eigenvalue weighted by Crippen LogP contribution is 2.47. The highest BCUT2D eigenvalue weighted by atomic mass is 15.1. The van der Waals surface area contributed by atoms with Gasteiger partial charge in [0.25, 0.3) is 0 Å². The third kappa shape index (κ3) is 4.77. The Labute approximate surface area is 317 Å². The zero-order valence-corrected chi connectivity index (χ0v) is 29.6. The van der Waals surface area contributed by atoms with Gasteiger partial charge in [-0.3, -0.25) is 9.55 Å². The number of pyridine rings is 2. The lowest BCUT2D eigenvalue weighted by Gasteiger charge is -2.19. The van der Waals surface area contributed by atoms with E-state index < -0.39 is 0 Å². The highest BCUT2D eigenvalue weighted by Gasteiger charge is 2.21. The molecule has 0 aliphatic heterocycles. The van der Waals surface area contributed by atoms with Crippen molar-refractivity contribution in [3.8, 4) is 39.2 Å². The second-order valence-corrected chi connectivity index (χ2v) is 14.0. The lowest BCUT2D eigenvalue weighted by Crippen LogP contribution is -1.97. The minimum atomic E-state index is 0.616. The van der Waals surface area contributed by atoms with E-state index in [2.05, 4.69) is 154 Å². The number of benzene rings is 8. The Bertz CT molecular complexity index is 3330. The van der Waals surface area contributed by atoms with E-state index in [1.807, 2.05) is 42.7 Å². The summed E-state index contributed by atoms with van der Waals surface area (Å²) in [7, 11) is 0. The Morgan fingerprint density at radius 2 is 1.07 bits per heavy atom. The van der Waals surface area contributed by atoms with Gasteiger partial charge in [-0.05, 0) is 114 Å². The summed E-state index contributed by atoms with van der Waals surface area (Å²) in [4.78, 5) is 13.3. The van der Waals surface area contributed by atoms with Gasteiger partial charge in [-0.2, -0.15) is 0 Å². The van der Waals surface area contributed by atoms with E-state index in [0.29, 0.717) is 5.69 Å². The predicted molar refractivity (Wildman–Crippen MR) is 229 cm³/mol. The maximum Gasteiger partial charge on any atom is 0.188 e. The molecule has 0 saturated heterocycles. The summed E-state index contributed by atoms with van der Waals surface area (Å²) in [5.41, 5.74) is 10.7. The van der Waals surface area contributed by atoms with Crippen LogP contribution >= 0.6 is 0 Å². The Hall–Kier alpha value is -7.61. The van der Waals surface area contributed by atoms with Crippen molar-refractivity contribution < 1.29 is 0 Å². The van der Waals surface area contributed by atoms with Crippen molar-refractivity contribution >= 4 is 70.7 Å². The van der Waals surface area contributed by atoms with Crippen molar-refractivity contribution in [3.63, 3.8) is 0 Å². The summed E-state index contributed by atoms with van der Waals surface area (Å²) in [6, 6.07) is 60.2. The first-order chi connectivity index (χ1) is 27.2. The Morgan fingerprint density at radius 3 is 1.78 bits per heavy atom. The first-order valence-electron chi connectivity index (χ1n) is 18.4. The molecule has 0 spiro atoms. The maximum absolute atomic E-state index is 7.85. The van der Waals surface area contributed by atoms with E-state index in [1.54, 1.807) is 0 Å². The topological polar surface area (TPSA) is 35.1 Å². The van der Waals surface area contributed by atoms with Crippen LogP contribution in [0, 0.1) is 6.57 Å². The number of nitrogens with zero attached hydrogens (tertiary/aromatic N) is 4. The molecule has 3 aromatic heterocycles. The highest BCUT2D eigenvalue weighted by molar-refractivity contribution is 6.25. The summed E-state index contributed by atoms with van der Waals surface area (Å²) in [6.07, 6.45) is 3.76. The van der Waals surface area contributed by atoms with Gasteiger partial charge in [-0.15, -0.1) is 0 Å². The smallest absolute Gasteiger partial charge is 0.188 e. The molecule has 0 radical (unpaired) electrons. The van der Waals surface area contributed by atoms with Crippen molar-refractivity contribution in [1.82, 2.24) is 14.5 Å². The first kappa shape index (κ1) is 31.0. The van der Waals surface area contributed by atoms with E-state index >= 15 is 0 Å². The molecule has 0 aliphatic rings. The minimum absolute atomic E-state index is 0.616.